The number of halogens is 1. The van der Waals surface area contributed by atoms with E-state index >= 15 is 0 Å². The molecule has 2 rings (SSSR count). The molecule has 1 N–H and O–H groups in total. The number of carbonyl (C=O) groups is 1. The first-order chi connectivity index (χ1) is 11.9. The number of nitro groups is 1. The van der Waals surface area contributed by atoms with Crippen molar-refractivity contribution >= 4 is 29.4 Å². The van der Waals surface area contributed by atoms with Gasteiger partial charge in [0.25, 0.3) is 11.6 Å². The summed E-state index contributed by atoms with van der Waals surface area (Å²) < 4.78 is 5.41. The first-order valence-corrected chi connectivity index (χ1v) is 7.45. The molecule has 0 aliphatic carbocycles. The predicted molar refractivity (Wildman–Crippen MR) is 89.8 cm³/mol. The van der Waals surface area contributed by atoms with Gasteiger partial charge in [-0.05, 0) is 30.7 Å². The van der Waals surface area contributed by atoms with Crippen molar-refractivity contribution in [3.8, 4) is 11.5 Å². The number of nitro benzene ring substituents is 1. The third-order valence-electron chi connectivity index (χ3n) is 3.06. The zero-order valence-electron chi connectivity index (χ0n) is 13.0. The van der Waals surface area contributed by atoms with Gasteiger partial charge < -0.3 is 9.84 Å². The first-order valence-electron chi connectivity index (χ1n) is 7.07. The Morgan fingerprint density at radius 3 is 2.80 bits per heavy atom. The van der Waals surface area contributed by atoms with Crippen LogP contribution in [0.5, 0.6) is 11.5 Å². The van der Waals surface area contributed by atoms with Crippen LogP contribution in [0.15, 0.2) is 47.6 Å². The van der Waals surface area contributed by atoms with E-state index in [0.29, 0.717) is 10.8 Å². The highest BCUT2D eigenvalue weighted by molar-refractivity contribution is 6.30. The van der Waals surface area contributed by atoms with E-state index in [0.717, 1.165) is 24.4 Å². The van der Waals surface area contributed by atoms with Crippen molar-refractivity contribution in [3.05, 3.63) is 63.2 Å². The number of rotatable bonds is 6. The number of amides is 1. The molecule has 130 valence electrons. The second-order valence-electron chi connectivity index (χ2n) is 4.93. The Balaban J connectivity index is 1.98. The molecule has 0 radical (unpaired) electrons. The third-order valence-corrected chi connectivity index (χ3v) is 3.30. The smallest absolute Gasteiger partial charge is 0.280 e. The Bertz CT molecular complexity index is 825. The monoisotopic (exact) mass is 362 g/mol. The summed E-state index contributed by atoms with van der Waals surface area (Å²) in [7, 11) is 0. The van der Waals surface area contributed by atoms with Crippen LogP contribution in [0.1, 0.15) is 12.5 Å². The van der Waals surface area contributed by atoms with Crippen LogP contribution in [-0.2, 0) is 4.79 Å². The molecular weight excluding hydrogens is 350 g/mol. The lowest BCUT2D eigenvalue weighted by atomic mass is 10.2. The fraction of sp³-hybridized carbons (Fsp3) is 0.125. The summed E-state index contributed by atoms with van der Waals surface area (Å²) in [6, 6.07) is 9.78. The minimum Gasteiger partial charge on any atom is -0.872 e. The first kappa shape index (κ1) is 18.2. The SMILES string of the molecule is C[C@@H](Oc1cccc(Cl)c1)C(=O)N/N=C/c1cc([N+](=O)[O-])ccc1[O-]. The molecule has 0 aliphatic rings. The van der Waals surface area contributed by atoms with Gasteiger partial charge in [0, 0.05) is 17.2 Å². The molecule has 2 aromatic rings. The molecule has 2 aromatic carbocycles. The summed E-state index contributed by atoms with van der Waals surface area (Å²) in [5.74, 6) is -0.597. The van der Waals surface area contributed by atoms with E-state index in [1.807, 2.05) is 0 Å². The number of ether oxygens (including phenoxy) is 1. The minimum atomic E-state index is -0.868. The molecule has 0 aliphatic heterocycles. The number of hydrogen-bond acceptors (Lipinski definition) is 6. The average molecular weight is 363 g/mol. The number of hydrogen-bond donors (Lipinski definition) is 1. The van der Waals surface area contributed by atoms with Crippen molar-refractivity contribution in [2.45, 2.75) is 13.0 Å². The largest absolute Gasteiger partial charge is 0.872 e. The molecule has 8 nitrogen and oxygen atoms in total. The Hall–Kier alpha value is -3.13. The van der Waals surface area contributed by atoms with Crippen molar-refractivity contribution in [1.82, 2.24) is 5.43 Å². The predicted octanol–water partition coefficient (Wildman–Crippen LogP) is 2.24. The van der Waals surface area contributed by atoms with Crippen LogP contribution in [0, 0.1) is 10.1 Å². The maximum atomic E-state index is 11.9. The van der Waals surface area contributed by atoms with Gasteiger partial charge in [-0.25, -0.2) is 5.43 Å². The van der Waals surface area contributed by atoms with Gasteiger partial charge in [0.15, 0.2) is 6.10 Å². The zero-order valence-corrected chi connectivity index (χ0v) is 13.8. The number of benzene rings is 2. The van der Waals surface area contributed by atoms with Crippen molar-refractivity contribution < 1.29 is 19.6 Å². The van der Waals surface area contributed by atoms with E-state index in [4.69, 9.17) is 16.3 Å². The fourth-order valence-corrected chi connectivity index (χ4v) is 1.98. The Morgan fingerprint density at radius 2 is 2.12 bits per heavy atom. The Kier molecular flexibility index (Phi) is 5.91. The molecule has 1 amide bonds. The summed E-state index contributed by atoms with van der Waals surface area (Å²) >= 11 is 5.83. The highest BCUT2D eigenvalue weighted by Crippen LogP contribution is 2.19. The second-order valence-corrected chi connectivity index (χ2v) is 5.37. The molecule has 1 atom stereocenters. The van der Waals surface area contributed by atoms with Crippen LogP contribution in [0.3, 0.4) is 0 Å². The Morgan fingerprint density at radius 1 is 1.36 bits per heavy atom. The van der Waals surface area contributed by atoms with Gasteiger partial charge in [0.1, 0.15) is 5.75 Å². The lowest BCUT2D eigenvalue weighted by molar-refractivity contribution is -0.385. The summed E-state index contributed by atoms with van der Waals surface area (Å²) in [6.07, 6.45) is 0.173. The lowest BCUT2D eigenvalue weighted by Crippen LogP contribution is -2.33. The van der Waals surface area contributed by atoms with Crippen molar-refractivity contribution in [3.63, 3.8) is 0 Å². The van der Waals surface area contributed by atoms with Crippen LogP contribution in [0.2, 0.25) is 5.02 Å². The van der Waals surface area contributed by atoms with E-state index in [2.05, 4.69) is 10.5 Å². The van der Waals surface area contributed by atoms with Crippen molar-refractivity contribution in [2.24, 2.45) is 5.10 Å². The van der Waals surface area contributed by atoms with Gasteiger partial charge in [-0.2, -0.15) is 5.10 Å². The van der Waals surface area contributed by atoms with Gasteiger partial charge in [0.2, 0.25) is 0 Å². The van der Waals surface area contributed by atoms with Gasteiger partial charge >= 0.3 is 0 Å². The van der Waals surface area contributed by atoms with E-state index in [1.165, 1.54) is 6.92 Å². The number of non-ortho nitro benzene ring substituents is 1. The molecule has 9 heteroatoms. The van der Waals surface area contributed by atoms with E-state index < -0.39 is 22.7 Å². The van der Waals surface area contributed by atoms with Gasteiger partial charge in [-0.3, -0.25) is 14.9 Å². The quantitative estimate of drug-likeness (QED) is 0.480. The standard InChI is InChI=1S/C16H14ClN3O5/c1-10(25-14-4-2-3-12(17)8-14)16(22)19-18-9-11-7-13(20(23)24)5-6-15(11)21/h2-10,21H,1H3,(H,19,22)/p-1/b18-9+/t10-/m1/s1. The summed E-state index contributed by atoms with van der Waals surface area (Å²) in [4.78, 5) is 22.0. The fourth-order valence-electron chi connectivity index (χ4n) is 1.80. The normalized spacial score (nSPS) is 11.9. The summed E-state index contributed by atoms with van der Waals surface area (Å²) in [6.45, 7) is 1.51. The second kappa shape index (κ2) is 8.11. The van der Waals surface area contributed by atoms with Crippen LogP contribution < -0.4 is 15.3 Å². The maximum absolute atomic E-state index is 11.9. The molecule has 0 aromatic heterocycles. The topological polar surface area (TPSA) is 117 Å². The van der Waals surface area contributed by atoms with Crippen LogP contribution in [0.4, 0.5) is 5.69 Å². The van der Waals surface area contributed by atoms with E-state index in [1.54, 1.807) is 24.3 Å². The molecule has 0 fully saturated rings. The molecule has 0 bridgehead atoms. The summed E-state index contributed by atoms with van der Waals surface area (Å²) in [5, 5.41) is 26.4. The number of nitrogens with one attached hydrogen (secondary N) is 1. The minimum absolute atomic E-state index is 0.0158. The summed E-state index contributed by atoms with van der Waals surface area (Å²) in [5.41, 5.74) is 1.94. The molecular formula is C16H13ClN3O5-. The van der Waals surface area contributed by atoms with Crippen LogP contribution in [-0.4, -0.2) is 23.1 Å². The molecule has 0 unspecified atom stereocenters. The number of hydrazone groups is 1. The van der Waals surface area contributed by atoms with E-state index in [9.17, 15) is 20.0 Å². The van der Waals surface area contributed by atoms with Crippen LogP contribution >= 0.6 is 11.6 Å². The lowest BCUT2D eigenvalue weighted by Gasteiger charge is -2.13. The number of nitrogens with zero attached hydrogens (tertiary/aromatic N) is 2. The molecule has 25 heavy (non-hydrogen) atoms. The molecule has 0 saturated heterocycles. The highest BCUT2D eigenvalue weighted by Gasteiger charge is 2.14. The van der Waals surface area contributed by atoms with Crippen LogP contribution in [0.25, 0.3) is 0 Å². The highest BCUT2D eigenvalue weighted by atomic mass is 35.5. The van der Waals surface area contributed by atoms with Crippen molar-refractivity contribution in [2.75, 3.05) is 0 Å². The average Bonchev–Trinajstić information content (AvgIpc) is 2.56. The molecule has 0 heterocycles. The maximum Gasteiger partial charge on any atom is 0.280 e. The van der Waals surface area contributed by atoms with Gasteiger partial charge in [-0.1, -0.05) is 29.5 Å². The Labute approximate surface area is 147 Å². The zero-order chi connectivity index (χ0) is 18.4. The molecule has 0 saturated carbocycles. The van der Waals surface area contributed by atoms with Gasteiger partial charge in [0.05, 0.1) is 11.1 Å². The van der Waals surface area contributed by atoms with E-state index in [-0.39, 0.29) is 11.3 Å². The molecule has 0 spiro atoms. The van der Waals surface area contributed by atoms with Gasteiger partial charge in [-0.15, -0.1) is 0 Å². The third kappa shape index (κ3) is 5.18. The van der Waals surface area contributed by atoms with Crippen molar-refractivity contribution in [1.29, 1.82) is 0 Å². The number of carbonyl (C=O) groups excluding carboxylic acids is 1.